The number of ether oxygens (including phenoxy) is 1. The summed E-state index contributed by atoms with van der Waals surface area (Å²) in [5, 5.41) is 8.32. The van der Waals surface area contributed by atoms with Crippen LogP contribution in [0.2, 0.25) is 0 Å². The summed E-state index contributed by atoms with van der Waals surface area (Å²) in [6.07, 6.45) is 2.59. The second kappa shape index (κ2) is 11.6. The summed E-state index contributed by atoms with van der Waals surface area (Å²) < 4.78 is 5.60. The van der Waals surface area contributed by atoms with Crippen molar-refractivity contribution >= 4 is 17.6 Å². The fourth-order valence-electron chi connectivity index (χ4n) is 2.52. The molecule has 0 aliphatic rings. The Morgan fingerprint density at radius 3 is 2.43 bits per heavy atom. The molecule has 2 rings (SSSR count). The van der Waals surface area contributed by atoms with Crippen molar-refractivity contribution in [2.24, 2.45) is 0 Å². The first-order chi connectivity index (χ1) is 13.6. The van der Waals surface area contributed by atoms with E-state index in [-0.39, 0.29) is 11.9 Å². The Kier molecular flexibility index (Phi) is 8.75. The molecule has 0 unspecified atom stereocenters. The summed E-state index contributed by atoms with van der Waals surface area (Å²) in [5.41, 5.74) is 3.21. The quantitative estimate of drug-likeness (QED) is 0.432. The largest absolute Gasteiger partial charge is 0.377 e. The third-order valence-electron chi connectivity index (χ3n) is 3.98. The van der Waals surface area contributed by atoms with Gasteiger partial charge in [-0.25, -0.2) is 4.79 Å². The number of rotatable bonds is 10. The lowest BCUT2D eigenvalue weighted by molar-refractivity contribution is 0.0958. The summed E-state index contributed by atoms with van der Waals surface area (Å²) in [6.45, 7) is 7.68. The second-order valence-electron chi connectivity index (χ2n) is 6.21. The van der Waals surface area contributed by atoms with Gasteiger partial charge in [0.1, 0.15) is 0 Å². The van der Waals surface area contributed by atoms with E-state index in [1.54, 1.807) is 30.3 Å². The first-order valence-corrected chi connectivity index (χ1v) is 9.32. The Morgan fingerprint density at radius 2 is 1.75 bits per heavy atom. The maximum Gasteiger partial charge on any atom is 0.319 e. The first-order valence-electron chi connectivity index (χ1n) is 9.32. The van der Waals surface area contributed by atoms with Gasteiger partial charge >= 0.3 is 6.03 Å². The fraction of sp³-hybridized carbons (Fsp3) is 0.273. The predicted octanol–water partition coefficient (Wildman–Crippen LogP) is 3.85. The van der Waals surface area contributed by atoms with Gasteiger partial charge in [0.15, 0.2) is 0 Å². The van der Waals surface area contributed by atoms with Gasteiger partial charge in [-0.2, -0.15) is 0 Å². The Hall–Kier alpha value is -3.12. The third kappa shape index (κ3) is 6.89. The van der Waals surface area contributed by atoms with E-state index in [9.17, 15) is 9.59 Å². The van der Waals surface area contributed by atoms with E-state index in [4.69, 9.17) is 4.74 Å². The van der Waals surface area contributed by atoms with Crippen molar-refractivity contribution in [3.05, 3.63) is 77.9 Å². The SMILES string of the molecule is C=CCNC(=O)c1ccc(NC(=O)NCc2ccccc2COCCC)cc1. The standard InChI is InChI=1S/C22H27N3O3/c1-3-13-23-21(26)17-9-11-20(12-10-17)25-22(27)24-15-18-7-5-6-8-19(18)16-28-14-4-2/h3,5-12H,1,4,13-16H2,2H3,(H,23,26)(H2,24,25,27). The van der Waals surface area contributed by atoms with Crippen LogP contribution in [0.4, 0.5) is 10.5 Å². The van der Waals surface area contributed by atoms with Crippen LogP contribution in [0, 0.1) is 0 Å². The van der Waals surface area contributed by atoms with E-state index in [0.717, 1.165) is 17.5 Å². The van der Waals surface area contributed by atoms with Gasteiger partial charge in [-0.05, 0) is 41.8 Å². The van der Waals surface area contributed by atoms with Gasteiger partial charge in [-0.15, -0.1) is 6.58 Å². The summed E-state index contributed by atoms with van der Waals surface area (Å²) in [4.78, 5) is 24.0. The Balaban J connectivity index is 1.86. The third-order valence-corrected chi connectivity index (χ3v) is 3.98. The zero-order chi connectivity index (χ0) is 20.2. The van der Waals surface area contributed by atoms with Gasteiger partial charge in [0.2, 0.25) is 0 Å². The summed E-state index contributed by atoms with van der Waals surface area (Å²) >= 11 is 0. The number of benzene rings is 2. The van der Waals surface area contributed by atoms with Crippen molar-refractivity contribution in [1.82, 2.24) is 10.6 Å². The topological polar surface area (TPSA) is 79.5 Å². The van der Waals surface area contributed by atoms with Crippen LogP contribution in [0.5, 0.6) is 0 Å². The lowest BCUT2D eigenvalue weighted by atomic mass is 10.1. The van der Waals surface area contributed by atoms with E-state index < -0.39 is 0 Å². The van der Waals surface area contributed by atoms with Crippen LogP contribution in [-0.4, -0.2) is 25.1 Å². The Morgan fingerprint density at radius 1 is 1.04 bits per heavy atom. The maximum atomic E-state index is 12.2. The molecule has 0 spiro atoms. The Bertz CT molecular complexity index is 788. The van der Waals surface area contributed by atoms with Crippen molar-refractivity contribution in [2.45, 2.75) is 26.5 Å². The predicted molar refractivity (Wildman–Crippen MR) is 111 cm³/mol. The van der Waals surface area contributed by atoms with Crippen molar-refractivity contribution in [1.29, 1.82) is 0 Å². The maximum absolute atomic E-state index is 12.2. The van der Waals surface area contributed by atoms with E-state index in [1.807, 2.05) is 24.3 Å². The molecule has 0 aromatic heterocycles. The van der Waals surface area contributed by atoms with E-state index >= 15 is 0 Å². The molecule has 3 amide bonds. The first kappa shape index (κ1) is 21.2. The molecule has 148 valence electrons. The van der Waals surface area contributed by atoms with Crippen LogP contribution in [0.15, 0.2) is 61.2 Å². The summed E-state index contributed by atoms with van der Waals surface area (Å²) in [6, 6.07) is 14.3. The number of anilines is 1. The normalized spacial score (nSPS) is 10.2. The van der Waals surface area contributed by atoms with Crippen molar-refractivity contribution in [3.8, 4) is 0 Å². The lowest BCUT2D eigenvalue weighted by Gasteiger charge is -2.12. The fourth-order valence-corrected chi connectivity index (χ4v) is 2.52. The van der Waals surface area contributed by atoms with Gasteiger partial charge in [0.05, 0.1) is 6.61 Å². The minimum Gasteiger partial charge on any atom is -0.377 e. The molecule has 6 heteroatoms. The zero-order valence-electron chi connectivity index (χ0n) is 16.2. The van der Waals surface area contributed by atoms with Crippen LogP contribution >= 0.6 is 0 Å². The van der Waals surface area contributed by atoms with Crippen LogP contribution < -0.4 is 16.0 Å². The van der Waals surface area contributed by atoms with Gasteiger partial charge in [0.25, 0.3) is 5.91 Å². The smallest absolute Gasteiger partial charge is 0.319 e. The van der Waals surface area contributed by atoms with Crippen molar-refractivity contribution in [2.75, 3.05) is 18.5 Å². The number of urea groups is 1. The number of hydrogen-bond acceptors (Lipinski definition) is 3. The van der Waals surface area contributed by atoms with Crippen LogP contribution in [0.1, 0.15) is 34.8 Å². The average molecular weight is 381 g/mol. The van der Waals surface area contributed by atoms with E-state index in [2.05, 4.69) is 29.5 Å². The summed E-state index contributed by atoms with van der Waals surface area (Å²) in [7, 11) is 0. The van der Waals surface area contributed by atoms with E-state index in [1.165, 1.54) is 0 Å². The molecule has 0 fully saturated rings. The molecule has 0 aliphatic carbocycles. The highest BCUT2D eigenvalue weighted by molar-refractivity contribution is 5.95. The van der Waals surface area contributed by atoms with Crippen LogP contribution in [0.25, 0.3) is 0 Å². The second-order valence-corrected chi connectivity index (χ2v) is 6.21. The van der Waals surface area contributed by atoms with Gasteiger partial charge in [-0.1, -0.05) is 37.3 Å². The van der Waals surface area contributed by atoms with Crippen LogP contribution in [-0.2, 0) is 17.9 Å². The highest BCUT2D eigenvalue weighted by Crippen LogP contribution is 2.12. The molecule has 0 saturated heterocycles. The molecule has 2 aromatic carbocycles. The number of amides is 3. The monoisotopic (exact) mass is 381 g/mol. The number of carbonyl (C=O) groups is 2. The molecule has 0 aliphatic heterocycles. The highest BCUT2D eigenvalue weighted by Gasteiger charge is 2.07. The minimum atomic E-state index is -0.312. The van der Waals surface area contributed by atoms with Crippen LogP contribution in [0.3, 0.4) is 0 Å². The van der Waals surface area contributed by atoms with Crippen molar-refractivity contribution < 1.29 is 14.3 Å². The molecule has 0 saturated carbocycles. The average Bonchev–Trinajstić information content (AvgIpc) is 2.72. The van der Waals surface area contributed by atoms with Gasteiger partial charge in [-0.3, -0.25) is 4.79 Å². The molecular weight excluding hydrogens is 354 g/mol. The molecule has 0 bridgehead atoms. The van der Waals surface area contributed by atoms with Gasteiger partial charge < -0.3 is 20.7 Å². The molecule has 0 heterocycles. The number of hydrogen-bond donors (Lipinski definition) is 3. The lowest BCUT2D eigenvalue weighted by Crippen LogP contribution is -2.28. The van der Waals surface area contributed by atoms with Gasteiger partial charge in [0, 0.05) is 30.9 Å². The molecule has 0 radical (unpaired) electrons. The molecule has 3 N–H and O–H groups in total. The number of carbonyl (C=O) groups excluding carboxylic acids is 2. The van der Waals surface area contributed by atoms with Crippen molar-refractivity contribution in [3.63, 3.8) is 0 Å². The highest BCUT2D eigenvalue weighted by atomic mass is 16.5. The molecule has 0 atom stereocenters. The molecule has 6 nitrogen and oxygen atoms in total. The Labute approximate surface area is 166 Å². The molecule has 28 heavy (non-hydrogen) atoms. The zero-order valence-corrected chi connectivity index (χ0v) is 16.2. The number of nitrogens with one attached hydrogen (secondary N) is 3. The van der Waals surface area contributed by atoms with E-state index in [0.29, 0.717) is 37.6 Å². The molecular formula is C22H27N3O3. The minimum absolute atomic E-state index is 0.183. The molecule has 2 aromatic rings. The summed E-state index contributed by atoms with van der Waals surface area (Å²) in [5.74, 6) is -0.183.